The van der Waals surface area contributed by atoms with Gasteiger partial charge in [0.05, 0.1) is 0 Å². The van der Waals surface area contributed by atoms with Crippen molar-refractivity contribution in [2.75, 3.05) is 0 Å². The zero-order valence-electron chi connectivity index (χ0n) is 16.8. The van der Waals surface area contributed by atoms with E-state index in [4.69, 9.17) is 9.40 Å². The van der Waals surface area contributed by atoms with Gasteiger partial charge < -0.3 is 4.42 Å². The van der Waals surface area contributed by atoms with Crippen molar-refractivity contribution in [2.45, 2.75) is 0 Å². The zero-order valence-corrected chi connectivity index (χ0v) is 16.8. The van der Waals surface area contributed by atoms with Crippen molar-refractivity contribution in [1.82, 2.24) is 4.98 Å². The molecule has 31 heavy (non-hydrogen) atoms. The maximum Gasteiger partial charge on any atom is 0.227 e. The third-order valence-electron chi connectivity index (χ3n) is 5.73. The van der Waals surface area contributed by atoms with Crippen LogP contribution in [0.25, 0.3) is 55.6 Å². The van der Waals surface area contributed by atoms with Gasteiger partial charge in [-0.3, -0.25) is 0 Å². The van der Waals surface area contributed by atoms with E-state index in [0.717, 1.165) is 22.0 Å². The lowest BCUT2D eigenvalue weighted by Crippen LogP contribution is -1.87. The fourth-order valence-corrected chi connectivity index (χ4v) is 4.22. The molecule has 0 aliphatic carbocycles. The molecule has 0 amide bonds. The second kappa shape index (κ2) is 7.26. The number of hydrogen-bond acceptors (Lipinski definition) is 2. The normalized spacial score (nSPS) is 11.2. The predicted molar refractivity (Wildman–Crippen MR) is 128 cm³/mol. The minimum Gasteiger partial charge on any atom is -0.436 e. The number of aromatic nitrogens is 1. The average Bonchev–Trinajstić information content (AvgIpc) is 3.28. The summed E-state index contributed by atoms with van der Waals surface area (Å²) >= 11 is 0. The van der Waals surface area contributed by atoms with Crippen LogP contribution in [0.4, 0.5) is 0 Å². The van der Waals surface area contributed by atoms with Gasteiger partial charge in [0.15, 0.2) is 5.58 Å². The molecule has 146 valence electrons. The van der Waals surface area contributed by atoms with Gasteiger partial charge in [0, 0.05) is 5.56 Å². The van der Waals surface area contributed by atoms with E-state index in [9.17, 15) is 0 Å². The molecule has 0 fully saturated rings. The number of oxazole rings is 1. The molecule has 0 atom stereocenters. The molecule has 0 radical (unpaired) electrons. The number of hydrogen-bond donors (Lipinski definition) is 0. The van der Waals surface area contributed by atoms with Gasteiger partial charge in [-0.1, -0.05) is 91.0 Å². The summed E-state index contributed by atoms with van der Waals surface area (Å²) < 4.78 is 6.07. The van der Waals surface area contributed by atoms with Crippen LogP contribution in [0.3, 0.4) is 0 Å². The van der Waals surface area contributed by atoms with Gasteiger partial charge in [-0.05, 0) is 57.3 Å². The third-order valence-corrected chi connectivity index (χ3v) is 5.73. The smallest absolute Gasteiger partial charge is 0.227 e. The van der Waals surface area contributed by atoms with E-state index >= 15 is 0 Å². The topological polar surface area (TPSA) is 26.0 Å². The van der Waals surface area contributed by atoms with Crippen molar-refractivity contribution in [2.24, 2.45) is 0 Å². The van der Waals surface area contributed by atoms with Crippen molar-refractivity contribution >= 4 is 21.9 Å². The highest BCUT2D eigenvalue weighted by Gasteiger charge is 2.14. The summed E-state index contributed by atoms with van der Waals surface area (Å²) in [6.07, 6.45) is 0. The number of benzene rings is 5. The van der Waals surface area contributed by atoms with Gasteiger partial charge >= 0.3 is 0 Å². The summed E-state index contributed by atoms with van der Waals surface area (Å²) in [6, 6.07) is 39.9. The lowest BCUT2D eigenvalue weighted by molar-refractivity contribution is 0.620. The summed E-state index contributed by atoms with van der Waals surface area (Å²) in [6.45, 7) is 0. The first-order valence-corrected chi connectivity index (χ1v) is 10.4. The van der Waals surface area contributed by atoms with E-state index < -0.39 is 0 Å². The fraction of sp³-hybridized carbons (Fsp3) is 0. The Bertz CT molecular complexity index is 1500. The van der Waals surface area contributed by atoms with Crippen LogP contribution in [-0.2, 0) is 0 Å². The van der Waals surface area contributed by atoms with E-state index in [0.29, 0.717) is 5.89 Å². The van der Waals surface area contributed by atoms with Crippen LogP contribution >= 0.6 is 0 Å². The second-order valence-electron chi connectivity index (χ2n) is 7.64. The van der Waals surface area contributed by atoms with E-state index in [1.165, 1.54) is 27.6 Å². The zero-order chi connectivity index (χ0) is 20.6. The Kier molecular flexibility index (Phi) is 4.14. The SMILES string of the molecule is c1ccc(-c2cccc(-c3ccc(-c4nc5ccccc5o4)c4ccccc34)c2)cc1. The first-order chi connectivity index (χ1) is 15.4. The Morgan fingerprint density at radius 3 is 1.97 bits per heavy atom. The molecule has 0 aliphatic rings. The van der Waals surface area contributed by atoms with Gasteiger partial charge in [0.2, 0.25) is 5.89 Å². The minimum absolute atomic E-state index is 0.655. The molecule has 0 N–H and O–H groups in total. The molecule has 0 aliphatic heterocycles. The van der Waals surface area contributed by atoms with Gasteiger partial charge in [-0.2, -0.15) is 0 Å². The molecular formula is C29H19NO. The molecule has 5 aromatic carbocycles. The molecule has 2 heteroatoms. The van der Waals surface area contributed by atoms with Crippen LogP contribution in [-0.4, -0.2) is 4.98 Å². The minimum atomic E-state index is 0.655. The number of para-hydroxylation sites is 2. The quantitative estimate of drug-likeness (QED) is 0.302. The predicted octanol–water partition coefficient (Wildman–Crippen LogP) is 7.98. The first kappa shape index (κ1) is 17.7. The van der Waals surface area contributed by atoms with Gasteiger partial charge in [-0.25, -0.2) is 4.98 Å². The number of rotatable bonds is 3. The van der Waals surface area contributed by atoms with E-state index in [1.807, 2.05) is 30.3 Å². The highest BCUT2D eigenvalue weighted by Crippen LogP contribution is 2.37. The number of fused-ring (bicyclic) bond motifs is 2. The van der Waals surface area contributed by atoms with Crippen LogP contribution in [0.15, 0.2) is 120 Å². The second-order valence-corrected chi connectivity index (χ2v) is 7.64. The van der Waals surface area contributed by atoms with Crippen LogP contribution in [0, 0.1) is 0 Å². The van der Waals surface area contributed by atoms with Crippen LogP contribution < -0.4 is 0 Å². The molecule has 2 nitrogen and oxygen atoms in total. The highest BCUT2D eigenvalue weighted by atomic mass is 16.3. The van der Waals surface area contributed by atoms with Crippen molar-refractivity contribution in [3.05, 3.63) is 115 Å². The Labute approximate surface area is 180 Å². The maximum absolute atomic E-state index is 6.07. The molecule has 0 bridgehead atoms. The van der Waals surface area contributed by atoms with Crippen molar-refractivity contribution in [3.63, 3.8) is 0 Å². The summed E-state index contributed by atoms with van der Waals surface area (Å²) in [5, 5.41) is 2.32. The molecule has 0 spiro atoms. The van der Waals surface area contributed by atoms with E-state index in [-0.39, 0.29) is 0 Å². The summed E-state index contributed by atoms with van der Waals surface area (Å²) in [7, 11) is 0. The van der Waals surface area contributed by atoms with Gasteiger partial charge in [0.1, 0.15) is 5.52 Å². The van der Waals surface area contributed by atoms with Crippen LogP contribution in [0.5, 0.6) is 0 Å². The summed E-state index contributed by atoms with van der Waals surface area (Å²) in [4.78, 5) is 4.72. The van der Waals surface area contributed by atoms with Crippen LogP contribution in [0.2, 0.25) is 0 Å². The van der Waals surface area contributed by atoms with Crippen molar-refractivity contribution in [1.29, 1.82) is 0 Å². The summed E-state index contributed by atoms with van der Waals surface area (Å²) in [5.74, 6) is 0.655. The molecule has 6 rings (SSSR count). The van der Waals surface area contributed by atoms with Gasteiger partial charge in [-0.15, -0.1) is 0 Å². The molecular weight excluding hydrogens is 378 g/mol. The molecule has 0 saturated heterocycles. The molecule has 1 heterocycles. The van der Waals surface area contributed by atoms with E-state index in [2.05, 4.69) is 84.9 Å². The lowest BCUT2D eigenvalue weighted by atomic mass is 9.93. The van der Waals surface area contributed by atoms with Gasteiger partial charge in [0.25, 0.3) is 0 Å². The molecule has 0 unspecified atom stereocenters. The molecule has 6 aromatic rings. The largest absolute Gasteiger partial charge is 0.436 e. The Balaban J connectivity index is 1.53. The Hall–Kier alpha value is -4.17. The van der Waals surface area contributed by atoms with Crippen molar-refractivity contribution < 1.29 is 4.42 Å². The Morgan fingerprint density at radius 2 is 1.13 bits per heavy atom. The monoisotopic (exact) mass is 397 g/mol. The molecule has 0 saturated carbocycles. The fourth-order valence-electron chi connectivity index (χ4n) is 4.22. The number of nitrogens with zero attached hydrogens (tertiary/aromatic N) is 1. The average molecular weight is 397 g/mol. The Morgan fingerprint density at radius 1 is 0.484 bits per heavy atom. The standard InChI is InChI=1S/C29H19NO/c1-2-9-20(10-3-1)21-11-8-12-22(19-21)23-17-18-26(25-14-5-4-13-24(23)25)29-30-27-15-6-7-16-28(27)31-29/h1-19H. The third kappa shape index (κ3) is 3.10. The lowest BCUT2D eigenvalue weighted by Gasteiger charge is -2.11. The van der Waals surface area contributed by atoms with E-state index in [1.54, 1.807) is 0 Å². The highest BCUT2D eigenvalue weighted by molar-refractivity contribution is 6.04. The first-order valence-electron chi connectivity index (χ1n) is 10.4. The van der Waals surface area contributed by atoms with Crippen LogP contribution in [0.1, 0.15) is 0 Å². The molecule has 1 aromatic heterocycles. The maximum atomic E-state index is 6.07. The summed E-state index contributed by atoms with van der Waals surface area (Å²) in [5.41, 5.74) is 7.52. The van der Waals surface area contributed by atoms with Crippen molar-refractivity contribution in [3.8, 4) is 33.7 Å².